The van der Waals surface area contributed by atoms with Crippen LogP contribution in [0.4, 0.5) is 0 Å². The minimum absolute atomic E-state index is 0.358. The molecule has 0 spiro atoms. The molecule has 0 saturated heterocycles. The normalized spacial score (nSPS) is 13.3. The van der Waals surface area contributed by atoms with Gasteiger partial charge in [-0.2, -0.15) is 0 Å². The lowest BCUT2D eigenvalue weighted by Crippen LogP contribution is -2.30. The van der Waals surface area contributed by atoms with Gasteiger partial charge in [0.1, 0.15) is 23.4 Å². The van der Waals surface area contributed by atoms with Gasteiger partial charge in [0, 0.05) is 18.5 Å². The van der Waals surface area contributed by atoms with E-state index in [0.717, 1.165) is 24.2 Å². The first-order valence-electron chi connectivity index (χ1n) is 9.10. The molecule has 1 aromatic carbocycles. The molecule has 0 fully saturated rings. The summed E-state index contributed by atoms with van der Waals surface area (Å²) < 4.78 is 11.8. The minimum Gasteiger partial charge on any atom is -0.493 e. The average Bonchev–Trinajstić information content (AvgIpc) is 2.61. The number of hydrogen-bond acceptors (Lipinski definition) is 4. The molecule has 26 heavy (non-hydrogen) atoms. The first-order chi connectivity index (χ1) is 12.4. The summed E-state index contributed by atoms with van der Waals surface area (Å²) in [6, 6.07) is 11.3. The van der Waals surface area contributed by atoms with Gasteiger partial charge in [-0.15, -0.1) is 0 Å². The molecular formula is C22H29NO3. The second-order valence-corrected chi connectivity index (χ2v) is 7.38. The Labute approximate surface area is 156 Å². The molecule has 4 heteroatoms. The summed E-state index contributed by atoms with van der Waals surface area (Å²) >= 11 is 0. The first kappa shape index (κ1) is 20.0. The smallest absolute Gasteiger partial charge is 0.134 e. The quantitative estimate of drug-likeness (QED) is 0.529. The summed E-state index contributed by atoms with van der Waals surface area (Å²) in [5.41, 5.74) is 0.518. The highest BCUT2D eigenvalue weighted by atomic mass is 16.5. The Morgan fingerprint density at radius 3 is 2.62 bits per heavy atom. The molecule has 0 aliphatic rings. The second-order valence-electron chi connectivity index (χ2n) is 7.38. The van der Waals surface area contributed by atoms with Gasteiger partial charge >= 0.3 is 0 Å². The molecule has 0 amide bonds. The molecular weight excluding hydrogens is 326 g/mol. The number of rotatable bonds is 8. The highest BCUT2D eigenvalue weighted by Crippen LogP contribution is 2.29. The van der Waals surface area contributed by atoms with Crippen LogP contribution in [0.15, 0.2) is 54.6 Å². The van der Waals surface area contributed by atoms with Crippen LogP contribution in [0.5, 0.6) is 11.5 Å². The lowest BCUT2D eigenvalue weighted by molar-refractivity contribution is 0.0641. The van der Waals surface area contributed by atoms with Gasteiger partial charge in [0.15, 0.2) is 0 Å². The fourth-order valence-electron chi connectivity index (χ4n) is 2.31. The Hall–Kier alpha value is -2.33. The van der Waals surface area contributed by atoms with Crippen LogP contribution in [0.2, 0.25) is 0 Å². The van der Waals surface area contributed by atoms with E-state index in [9.17, 15) is 5.11 Å². The Balaban J connectivity index is 2.24. The lowest BCUT2D eigenvalue weighted by atomic mass is 9.87. The van der Waals surface area contributed by atoms with Crippen LogP contribution in [0.3, 0.4) is 0 Å². The predicted octanol–water partition coefficient (Wildman–Crippen LogP) is 5.09. The zero-order chi connectivity index (χ0) is 19.0. The van der Waals surface area contributed by atoms with Crippen LogP contribution in [0.1, 0.15) is 46.1 Å². The van der Waals surface area contributed by atoms with Crippen LogP contribution in [0, 0.1) is 5.41 Å². The number of aliphatic hydroxyl groups excluding tert-OH is 1. The largest absolute Gasteiger partial charge is 0.493 e. The molecule has 1 unspecified atom stereocenters. The monoisotopic (exact) mass is 355 g/mol. The number of unbranched alkanes of at least 4 members (excludes halogenated alkanes) is 1. The number of benzene rings is 1. The minimum atomic E-state index is -0.757. The number of ether oxygens (including phenoxy) is 2. The molecule has 1 aromatic heterocycles. The Bertz CT molecular complexity index is 705. The molecule has 1 N–H and O–H groups in total. The molecule has 2 aromatic rings. The summed E-state index contributed by atoms with van der Waals surface area (Å²) in [4.78, 5) is 4.12. The van der Waals surface area contributed by atoms with Crippen molar-refractivity contribution in [2.75, 3.05) is 6.61 Å². The maximum absolute atomic E-state index is 10.8. The third-order valence-corrected chi connectivity index (χ3v) is 3.89. The Morgan fingerprint density at radius 1 is 1.19 bits per heavy atom. The van der Waals surface area contributed by atoms with E-state index in [2.05, 4.69) is 11.9 Å². The van der Waals surface area contributed by atoms with Gasteiger partial charge in [-0.05, 0) is 41.7 Å². The Kier molecular flexibility index (Phi) is 7.22. The van der Waals surface area contributed by atoms with Crippen molar-refractivity contribution in [1.29, 1.82) is 0 Å². The molecule has 140 valence electrons. The van der Waals surface area contributed by atoms with Gasteiger partial charge in [0.2, 0.25) is 0 Å². The third-order valence-electron chi connectivity index (χ3n) is 3.89. The summed E-state index contributed by atoms with van der Waals surface area (Å²) in [5, 5.41) is 10.8. The number of aliphatic hydroxyl groups is 1. The van der Waals surface area contributed by atoms with E-state index in [-0.39, 0.29) is 5.41 Å². The van der Waals surface area contributed by atoms with Crippen LogP contribution in [0.25, 0.3) is 6.08 Å². The van der Waals surface area contributed by atoms with Gasteiger partial charge in [-0.3, -0.25) is 4.98 Å². The third kappa shape index (κ3) is 6.19. The summed E-state index contributed by atoms with van der Waals surface area (Å²) in [6.07, 6.45) is 6.63. The van der Waals surface area contributed by atoms with Crippen molar-refractivity contribution in [3.05, 3.63) is 60.1 Å². The number of aromatic nitrogens is 1. The molecule has 2 rings (SSSR count). The fraction of sp³-hybridized carbons (Fsp3) is 0.409. The van der Waals surface area contributed by atoms with Gasteiger partial charge in [-0.1, -0.05) is 46.2 Å². The van der Waals surface area contributed by atoms with E-state index in [1.54, 1.807) is 12.4 Å². The topological polar surface area (TPSA) is 51.6 Å². The maximum Gasteiger partial charge on any atom is 0.134 e. The van der Waals surface area contributed by atoms with Crippen LogP contribution >= 0.6 is 0 Å². The van der Waals surface area contributed by atoms with Crippen molar-refractivity contribution >= 4 is 6.08 Å². The zero-order valence-electron chi connectivity index (χ0n) is 16.1. The average molecular weight is 355 g/mol. The van der Waals surface area contributed by atoms with E-state index in [4.69, 9.17) is 9.47 Å². The van der Waals surface area contributed by atoms with E-state index >= 15 is 0 Å². The van der Waals surface area contributed by atoms with Gasteiger partial charge in [-0.25, -0.2) is 0 Å². The number of hydrogen-bond donors (Lipinski definition) is 1. The summed E-state index contributed by atoms with van der Waals surface area (Å²) in [6.45, 7) is 8.74. The predicted molar refractivity (Wildman–Crippen MR) is 105 cm³/mol. The molecule has 0 aliphatic carbocycles. The highest BCUT2D eigenvalue weighted by Gasteiger charge is 2.27. The van der Waals surface area contributed by atoms with Crippen molar-refractivity contribution in [3.8, 4) is 11.5 Å². The molecule has 1 atom stereocenters. The number of pyridine rings is 1. The first-order valence-corrected chi connectivity index (χ1v) is 9.10. The highest BCUT2D eigenvalue weighted by molar-refractivity contribution is 5.52. The molecule has 0 bridgehead atoms. The van der Waals surface area contributed by atoms with E-state index in [0.29, 0.717) is 18.1 Å². The van der Waals surface area contributed by atoms with Crippen LogP contribution in [-0.2, 0) is 0 Å². The molecule has 0 aliphatic heterocycles. The van der Waals surface area contributed by atoms with Crippen molar-refractivity contribution in [2.24, 2.45) is 5.41 Å². The van der Waals surface area contributed by atoms with E-state index in [1.807, 2.05) is 63.2 Å². The standard InChI is InChI=1S/C22H29NO3/c1-5-6-13-25-18-10-7-11-19(15-18)26-20(21(24)22(2,3)4)14-17-9-8-12-23-16-17/h7-12,14-16,21,24H,5-6,13H2,1-4H3. The van der Waals surface area contributed by atoms with Crippen molar-refractivity contribution < 1.29 is 14.6 Å². The summed E-state index contributed by atoms with van der Waals surface area (Å²) in [7, 11) is 0. The van der Waals surface area contributed by atoms with Crippen molar-refractivity contribution in [2.45, 2.75) is 46.6 Å². The molecule has 1 heterocycles. The second kappa shape index (κ2) is 9.39. The van der Waals surface area contributed by atoms with Crippen molar-refractivity contribution in [3.63, 3.8) is 0 Å². The summed E-state index contributed by atoms with van der Waals surface area (Å²) in [5.74, 6) is 1.88. The molecule has 4 nitrogen and oxygen atoms in total. The van der Waals surface area contributed by atoms with Crippen LogP contribution < -0.4 is 9.47 Å². The van der Waals surface area contributed by atoms with Crippen molar-refractivity contribution in [1.82, 2.24) is 4.98 Å². The SMILES string of the molecule is CCCCOc1cccc(OC(=Cc2cccnc2)C(O)C(C)(C)C)c1. The maximum atomic E-state index is 10.8. The molecule has 0 radical (unpaired) electrons. The fourth-order valence-corrected chi connectivity index (χ4v) is 2.31. The Morgan fingerprint density at radius 2 is 1.96 bits per heavy atom. The number of nitrogens with zero attached hydrogens (tertiary/aromatic N) is 1. The van der Waals surface area contributed by atoms with E-state index < -0.39 is 6.10 Å². The van der Waals surface area contributed by atoms with Gasteiger partial charge in [0.05, 0.1) is 6.61 Å². The van der Waals surface area contributed by atoms with Gasteiger partial charge in [0.25, 0.3) is 0 Å². The zero-order valence-corrected chi connectivity index (χ0v) is 16.1. The lowest BCUT2D eigenvalue weighted by Gasteiger charge is -2.28. The van der Waals surface area contributed by atoms with Gasteiger partial charge < -0.3 is 14.6 Å². The molecule has 0 saturated carbocycles. The van der Waals surface area contributed by atoms with E-state index in [1.165, 1.54) is 0 Å². The van der Waals surface area contributed by atoms with Crippen LogP contribution in [-0.4, -0.2) is 22.8 Å².